The third kappa shape index (κ3) is 0.772. The van der Waals surface area contributed by atoms with Crippen LogP contribution in [0.2, 0.25) is 0 Å². The van der Waals surface area contributed by atoms with Gasteiger partial charge >= 0.3 is 0 Å². The van der Waals surface area contributed by atoms with Crippen molar-refractivity contribution < 1.29 is 0 Å². The Morgan fingerprint density at radius 2 is 2.00 bits per heavy atom. The Kier molecular flexibility index (Phi) is 1.08. The molecule has 3 aliphatic rings. The van der Waals surface area contributed by atoms with Gasteiger partial charge < -0.3 is 0 Å². The van der Waals surface area contributed by atoms with Crippen LogP contribution in [-0.2, 0) is 0 Å². The lowest BCUT2D eigenvalue weighted by Gasteiger charge is -2.29. The van der Waals surface area contributed by atoms with E-state index in [2.05, 4.69) is 6.58 Å². The highest BCUT2D eigenvalue weighted by Crippen LogP contribution is 2.44. The molecule has 0 aliphatic heterocycles. The quantitative estimate of drug-likeness (QED) is 0.341. The Bertz CT molecular complexity index is 127. The number of allylic oxidation sites excluding steroid dienone is 1. The average Bonchev–Trinajstić information content (AvgIpc) is 1.90. The molecule has 3 aliphatic carbocycles. The molecule has 0 spiro atoms. The summed E-state index contributed by atoms with van der Waals surface area (Å²) in [6.45, 7) is 4.08. The number of fused-ring (bicyclic) bond motifs is 3. The molecule has 0 atom stereocenters. The van der Waals surface area contributed by atoms with Crippen molar-refractivity contribution in [1.82, 2.24) is 0 Å². The number of hydrogen-bond donors (Lipinski definition) is 0. The van der Waals surface area contributed by atoms with E-state index in [0.29, 0.717) is 0 Å². The summed E-state index contributed by atoms with van der Waals surface area (Å²) in [6, 6.07) is 0. The molecule has 3 fully saturated rings. The zero-order chi connectivity index (χ0) is 6.27. The maximum Gasteiger partial charge on any atom is 0.111 e. The Morgan fingerprint density at radius 3 is 2.22 bits per heavy atom. The number of hydrogen-bond acceptors (Lipinski definition) is 0. The van der Waals surface area contributed by atoms with Crippen molar-refractivity contribution in [2.24, 2.45) is 5.92 Å². The molecule has 3 saturated carbocycles. The zero-order valence-electron chi connectivity index (χ0n) is 5.82. The van der Waals surface area contributed by atoms with Crippen LogP contribution in [0, 0.1) is 11.8 Å². The zero-order valence-corrected chi connectivity index (χ0v) is 5.82. The van der Waals surface area contributed by atoms with Gasteiger partial charge in [-0.2, -0.15) is 0 Å². The predicted octanol–water partition coefficient (Wildman–Crippen LogP) is 2.71. The van der Waals surface area contributed by atoms with Crippen LogP contribution in [-0.4, -0.2) is 0 Å². The molecule has 0 nitrogen and oxygen atoms in total. The van der Waals surface area contributed by atoms with E-state index in [1.165, 1.54) is 37.7 Å². The molecule has 0 radical (unpaired) electrons. The van der Waals surface area contributed by atoms with E-state index in [9.17, 15) is 0 Å². The van der Waals surface area contributed by atoms with E-state index in [0.717, 1.165) is 5.92 Å². The van der Waals surface area contributed by atoms with Crippen LogP contribution in [0.5, 0.6) is 0 Å². The van der Waals surface area contributed by atoms with Crippen LogP contribution in [0.4, 0.5) is 0 Å². The molecular formula is C9H13+. The summed E-state index contributed by atoms with van der Waals surface area (Å²) >= 11 is 0. The molecule has 9 heavy (non-hydrogen) atoms. The second-order valence-corrected chi connectivity index (χ2v) is 3.36. The third-order valence-corrected chi connectivity index (χ3v) is 2.75. The van der Waals surface area contributed by atoms with Gasteiger partial charge in [-0.1, -0.05) is 6.58 Å². The van der Waals surface area contributed by atoms with E-state index < -0.39 is 0 Å². The molecule has 0 N–H and O–H groups in total. The number of rotatable bonds is 0. The van der Waals surface area contributed by atoms with E-state index in [4.69, 9.17) is 0 Å². The first kappa shape index (κ1) is 5.40. The Balaban J connectivity index is 2.15. The molecule has 0 heterocycles. The van der Waals surface area contributed by atoms with Crippen LogP contribution in [0.1, 0.15) is 32.1 Å². The Morgan fingerprint density at radius 1 is 1.33 bits per heavy atom. The van der Waals surface area contributed by atoms with Crippen LogP contribution in [0.15, 0.2) is 12.2 Å². The summed E-state index contributed by atoms with van der Waals surface area (Å²) in [6.07, 6.45) is 6.90. The largest absolute Gasteiger partial charge is 0.111 e. The molecule has 48 valence electrons. The highest BCUT2D eigenvalue weighted by molar-refractivity contribution is 5.19. The molecule has 0 aromatic rings. The van der Waals surface area contributed by atoms with Gasteiger partial charge in [0.1, 0.15) is 6.42 Å². The van der Waals surface area contributed by atoms with E-state index in [1.807, 2.05) is 0 Å². The lowest BCUT2D eigenvalue weighted by Crippen LogP contribution is -2.22. The van der Waals surface area contributed by atoms with Crippen molar-refractivity contribution in [3.8, 4) is 0 Å². The average molecular weight is 121 g/mol. The van der Waals surface area contributed by atoms with E-state index in [-0.39, 0.29) is 0 Å². The van der Waals surface area contributed by atoms with Gasteiger partial charge in [0.15, 0.2) is 0 Å². The first-order valence-corrected chi connectivity index (χ1v) is 3.87. The lowest BCUT2D eigenvalue weighted by atomic mass is 9.68. The molecule has 3 rings (SSSR count). The van der Waals surface area contributed by atoms with Crippen LogP contribution >= 0.6 is 0 Å². The topological polar surface area (TPSA) is 0 Å². The van der Waals surface area contributed by atoms with Crippen molar-refractivity contribution >= 4 is 0 Å². The molecule has 2 bridgehead atoms. The fourth-order valence-electron chi connectivity index (χ4n) is 2.08. The van der Waals surface area contributed by atoms with Gasteiger partial charge in [-0.15, -0.1) is 0 Å². The standard InChI is InChI=1S/C9H13/c1-7-6-8-2-4-9(7)5-3-8/h9H,1-6H2/q+1. The Hall–Kier alpha value is -0.390. The van der Waals surface area contributed by atoms with Gasteiger partial charge in [-0.3, -0.25) is 0 Å². The summed E-state index contributed by atoms with van der Waals surface area (Å²) in [5, 5.41) is 0. The second-order valence-electron chi connectivity index (χ2n) is 3.36. The normalized spacial score (nSPS) is 27.6. The fraction of sp³-hybridized carbons (Fsp3) is 0.667. The van der Waals surface area contributed by atoms with Crippen molar-refractivity contribution in [2.75, 3.05) is 0 Å². The molecule has 0 aromatic carbocycles. The molecule has 0 unspecified atom stereocenters. The lowest BCUT2D eigenvalue weighted by molar-refractivity contribution is 0.362. The molecule has 0 heteroatoms. The van der Waals surface area contributed by atoms with E-state index in [1.54, 1.807) is 5.92 Å². The second kappa shape index (κ2) is 1.80. The van der Waals surface area contributed by atoms with Crippen molar-refractivity contribution in [2.45, 2.75) is 32.1 Å². The summed E-state index contributed by atoms with van der Waals surface area (Å²) in [4.78, 5) is 0. The monoisotopic (exact) mass is 121 g/mol. The predicted molar refractivity (Wildman–Crippen MR) is 39.0 cm³/mol. The summed E-state index contributed by atoms with van der Waals surface area (Å²) in [5.74, 6) is 2.67. The minimum atomic E-state index is 0.905. The molecule has 0 saturated heterocycles. The van der Waals surface area contributed by atoms with Crippen LogP contribution in [0.3, 0.4) is 0 Å². The van der Waals surface area contributed by atoms with Gasteiger partial charge in [0.2, 0.25) is 0 Å². The smallest absolute Gasteiger partial charge is 0.0953 e. The fourth-order valence-corrected chi connectivity index (χ4v) is 2.08. The van der Waals surface area contributed by atoms with Crippen LogP contribution in [0.25, 0.3) is 0 Å². The molecular weight excluding hydrogens is 108 g/mol. The summed E-state index contributed by atoms with van der Waals surface area (Å²) in [7, 11) is 0. The first-order chi connectivity index (χ1) is 4.36. The SMILES string of the molecule is C=C1C[C+]2CCC1CC2. The highest BCUT2D eigenvalue weighted by atomic mass is 14.3. The third-order valence-electron chi connectivity index (χ3n) is 2.75. The van der Waals surface area contributed by atoms with Gasteiger partial charge in [-0.25, -0.2) is 0 Å². The summed E-state index contributed by atoms with van der Waals surface area (Å²) < 4.78 is 0. The maximum absolute atomic E-state index is 4.08. The van der Waals surface area contributed by atoms with E-state index >= 15 is 0 Å². The van der Waals surface area contributed by atoms with Gasteiger partial charge in [-0.05, 0) is 24.3 Å². The van der Waals surface area contributed by atoms with Crippen molar-refractivity contribution in [3.63, 3.8) is 0 Å². The molecule has 0 amide bonds. The van der Waals surface area contributed by atoms with Gasteiger partial charge in [0, 0.05) is 0 Å². The molecule has 0 aromatic heterocycles. The highest BCUT2D eigenvalue weighted by Gasteiger charge is 2.37. The van der Waals surface area contributed by atoms with Gasteiger partial charge in [0.25, 0.3) is 0 Å². The van der Waals surface area contributed by atoms with Crippen LogP contribution < -0.4 is 0 Å². The van der Waals surface area contributed by atoms with Gasteiger partial charge in [0.05, 0.1) is 18.8 Å². The minimum Gasteiger partial charge on any atom is -0.0953 e. The Labute approximate surface area is 57.0 Å². The summed E-state index contributed by atoms with van der Waals surface area (Å²) in [5.41, 5.74) is 1.52. The minimum absolute atomic E-state index is 0.905. The van der Waals surface area contributed by atoms with Crippen molar-refractivity contribution in [1.29, 1.82) is 0 Å². The van der Waals surface area contributed by atoms with Crippen molar-refractivity contribution in [3.05, 3.63) is 18.1 Å². The first-order valence-electron chi connectivity index (χ1n) is 3.87. The maximum atomic E-state index is 4.08.